The van der Waals surface area contributed by atoms with E-state index in [-0.39, 0.29) is 15.2 Å². The van der Waals surface area contributed by atoms with Crippen molar-refractivity contribution in [3.63, 3.8) is 0 Å². The molecule has 0 aliphatic heterocycles. The van der Waals surface area contributed by atoms with E-state index in [1.165, 1.54) is 16.8 Å². The van der Waals surface area contributed by atoms with Gasteiger partial charge in [-0.2, -0.15) is 5.21 Å². The van der Waals surface area contributed by atoms with Crippen LogP contribution in [0.2, 0.25) is 0 Å². The Kier molecular flexibility index (Phi) is 4.60. The summed E-state index contributed by atoms with van der Waals surface area (Å²) < 4.78 is 24.1. The van der Waals surface area contributed by atoms with Crippen LogP contribution < -0.4 is 5.32 Å². The third kappa shape index (κ3) is 3.30. The highest BCUT2D eigenvalue weighted by Crippen LogP contribution is 2.17. The van der Waals surface area contributed by atoms with E-state index in [0.717, 1.165) is 0 Å². The summed E-state index contributed by atoms with van der Waals surface area (Å²) >= 11 is 2.52. The van der Waals surface area contributed by atoms with E-state index in [9.17, 15) is 13.6 Å². The third-order valence-corrected chi connectivity index (χ3v) is 4.12. The zero-order chi connectivity index (χ0) is 17.1. The molecule has 1 unspecified atom stereocenters. The summed E-state index contributed by atoms with van der Waals surface area (Å²) in [6, 6.07) is 12.8. The molecular formula is C14H10N5O3S2-. The Bertz CT molecular complexity index is 982. The van der Waals surface area contributed by atoms with Gasteiger partial charge in [0.15, 0.2) is 0 Å². The maximum Gasteiger partial charge on any atom is 0.256 e. The third-order valence-electron chi connectivity index (χ3n) is 3.15. The molecule has 0 saturated heterocycles. The molecule has 10 heteroatoms. The van der Waals surface area contributed by atoms with E-state index in [1.54, 1.807) is 36.4 Å². The Morgan fingerprint density at radius 1 is 1.25 bits per heavy atom. The summed E-state index contributed by atoms with van der Waals surface area (Å²) in [6.45, 7) is 0. The molecule has 3 aromatic rings. The van der Waals surface area contributed by atoms with E-state index in [4.69, 9.17) is 12.2 Å². The number of rotatable bonds is 4. The molecule has 3 rings (SSSR count). The first-order chi connectivity index (χ1) is 11.6. The van der Waals surface area contributed by atoms with Gasteiger partial charge < -0.3 is 9.87 Å². The Balaban J connectivity index is 1.90. The van der Waals surface area contributed by atoms with Gasteiger partial charge in [0.25, 0.3) is 5.91 Å². The summed E-state index contributed by atoms with van der Waals surface area (Å²) in [6.07, 6.45) is 0. The van der Waals surface area contributed by atoms with Crippen LogP contribution in [0.15, 0.2) is 53.4 Å². The lowest BCUT2D eigenvalue weighted by Gasteiger charge is -2.12. The standard InChI is InChI=1S/C14H11N5O3S2/c20-13(11-6-1-2-7-12(11)24(21)22)15-9-4-3-5-10(8-9)19-14(23)16-17-18-19/h1-8H,(H,15,20)(H,21,22)(H,16,18,23)/p-1. The molecule has 1 atom stereocenters. The van der Waals surface area contributed by atoms with Crippen molar-refractivity contribution in [2.24, 2.45) is 0 Å². The van der Waals surface area contributed by atoms with Crippen LogP contribution in [0.4, 0.5) is 5.69 Å². The number of nitrogens with one attached hydrogen (secondary N) is 2. The Morgan fingerprint density at radius 3 is 2.75 bits per heavy atom. The molecule has 8 nitrogen and oxygen atoms in total. The Labute approximate surface area is 143 Å². The fraction of sp³-hybridized carbons (Fsp3) is 0. The molecule has 0 bridgehead atoms. The minimum atomic E-state index is -2.50. The highest BCUT2D eigenvalue weighted by Gasteiger charge is 2.12. The molecule has 1 aromatic heterocycles. The molecule has 1 amide bonds. The number of hydrogen-bond donors (Lipinski definition) is 2. The van der Waals surface area contributed by atoms with Crippen LogP contribution in [0, 0.1) is 4.77 Å². The van der Waals surface area contributed by atoms with E-state index in [0.29, 0.717) is 11.4 Å². The molecule has 0 aliphatic rings. The van der Waals surface area contributed by atoms with Crippen molar-refractivity contribution in [1.82, 2.24) is 20.2 Å². The molecule has 1 heterocycles. The lowest BCUT2D eigenvalue weighted by molar-refractivity contribution is 0.102. The first-order valence-electron chi connectivity index (χ1n) is 6.66. The quantitative estimate of drug-likeness (QED) is 0.541. The molecule has 0 fully saturated rings. The van der Waals surface area contributed by atoms with E-state index in [2.05, 4.69) is 20.8 Å². The number of amides is 1. The van der Waals surface area contributed by atoms with Crippen molar-refractivity contribution in [2.45, 2.75) is 4.90 Å². The summed E-state index contributed by atoms with van der Waals surface area (Å²) in [7, 11) is 0. The van der Waals surface area contributed by atoms with Crippen molar-refractivity contribution in [1.29, 1.82) is 0 Å². The normalized spacial score (nSPS) is 11.9. The summed E-state index contributed by atoms with van der Waals surface area (Å²) in [5.41, 5.74) is 1.17. The Morgan fingerprint density at radius 2 is 2.04 bits per heavy atom. The fourth-order valence-electron chi connectivity index (χ4n) is 2.09. The molecule has 2 aromatic carbocycles. The van der Waals surface area contributed by atoms with E-state index in [1.807, 2.05) is 0 Å². The minimum Gasteiger partial charge on any atom is -0.768 e. The first kappa shape index (κ1) is 16.2. The highest BCUT2D eigenvalue weighted by molar-refractivity contribution is 7.79. The Hall–Kier alpha value is -2.69. The molecule has 2 N–H and O–H groups in total. The van der Waals surface area contributed by atoms with Gasteiger partial charge in [0.05, 0.1) is 11.3 Å². The summed E-state index contributed by atoms with van der Waals surface area (Å²) in [5, 5.41) is 12.5. The van der Waals surface area contributed by atoms with Crippen molar-refractivity contribution in [3.8, 4) is 5.69 Å². The zero-order valence-electron chi connectivity index (χ0n) is 12.0. The topological polar surface area (TPSA) is 116 Å². The zero-order valence-corrected chi connectivity index (χ0v) is 13.6. The van der Waals surface area contributed by atoms with Crippen LogP contribution in [-0.2, 0) is 11.1 Å². The van der Waals surface area contributed by atoms with Crippen LogP contribution in [0.1, 0.15) is 10.4 Å². The molecule has 0 spiro atoms. The van der Waals surface area contributed by atoms with Gasteiger partial charge in [-0.15, -0.1) is 0 Å². The molecule has 0 aliphatic carbocycles. The second-order valence-corrected chi connectivity index (χ2v) is 5.93. The maximum atomic E-state index is 12.4. The van der Waals surface area contributed by atoms with Crippen molar-refractivity contribution < 1.29 is 13.6 Å². The molecule has 24 heavy (non-hydrogen) atoms. The number of tetrazole rings is 1. The van der Waals surface area contributed by atoms with Crippen LogP contribution in [0.5, 0.6) is 0 Å². The largest absolute Gasteiger partial charge is 0.768 e. The second kappa shape index (κ2) is 6.83. The first-order valence-corrected chi connectivity index (χ1v) is 8.15. The number of nitrogens with zero attached hydrogens (tertiary/aromatic N) is 3. The van der Waals surface area contributed by atoms with Crippen LogP contribution in [0.3, 0.4) is 0 Å². The predicted octanol–water partition coefficient (Wildman–Crippen LogP) is 1.82. The van der Waals surface area contributed by atoms with Crippen LogP contribution in [0.25, 0.3) is 5.69 Å². The lowest BCUT2D eigenvalue weighted by atomic mass is 10.2. The summed E-state index contributed by atoms with van der Waals surface area (Å²) in [4.78, 5) is 12.3. The van der Waals surface area contributed by atoms with Crippen molar-refractivity contribution in [3.05, 3.63) is 58.9 Å². The molecule has 0 radical (unpaired) electrons. The van der Waals surface area contributed by atoms with Crippen LogP contribution in [-0.4, -0.2) is 34.9 Å². The van der Waals surface area contributed by atoms with Crippen molar-refractivity contribution >= 4 is 34.9 Å². The predicted molar refractivity (Wildman–Crippen MR) is 88.1 cm³/mol. The number of aromatic nitrogens is 4. The smallest absolute Gasteiger partial charge is 0.256 e. The van der Waals surface area contributed by atoms with Crippen LogP contribution >= 0.6 is 12.2 Å². The number of carbonyl (C=O) groups is 1. The van der Waals surface area contributed by atoms with Crippen molar-refractivity contribution in [2.75, 3.05) is 5.32 Å². The second-order valence-electron chi connectivity index (χ2n) is 4.65. The number of hydrogen-bond acceptors (Lipinski definition) is 6. The molecule has 122 valence electrons. The lowest BCUT2D eigenvalue weighted by Crippen LogP contribution is -2.15. The van der Waals surface area contributed by atoms with Gasteiger partial charge in [0.2, 0.25) is 4.77 Å². The monoisotopic (exact) mass is 360 g/mol. The number of carbonyl (C=O) groups excluding carboxylic acids is 1. The van der Waals surface area contributed by atoms with Gasteiger partial charge in [0, 0.05) is 10.6 Å². The SMILES string of the molecule is O=C(Nc1cccc(-n2[nH]nnc2=S)c1)c1ccccc1S(=O)[O-]. The van der Waals surface area contributed by atoms with Gasteiger partial charge in [-0.25, -0.2) is 4.68 Å². The average Bonchev–Trinajstić information content (AvgIpc) is 3.01. The van der Waals surface area contributed by atoms with Gasteiger partial charge >= 0.3 is 0 Å². The van der Waals surface area contributed by atoms with Gasteiger partial charge in [-0.1, -0.05) is 28.5 Å². The number of H-pyrrole nitrogens is 1. The van der Waals surface area contributed by atoms with Gasteiger partial charge in [-0.05, 0) is 53.6 Å². The molecular weight excluding hydrogens is 350 g/mol. The van der Waals surface area contributed by atoms with Gasteiger partial charge in [-0.3, -0.25) is 9.00 Å². The van der Waals surface area contributed by atoms with E-state index < -0.39 is 17.0 Å². The maximum absolute atomic E-state index is 12.4. The van der Waals surface area contributed by atoms with E-state index >= 15 is 0 Å². The number of benzene rings is 2. The van der Waals surface area contributed by atoms with Gasteiger partial charge in [0.1, 0.15) is 0 Å². The fourth-order valence-corrected chi connectivity index (χ4v) is 2.80. The minimum absolute atomic E-state index is 0.0638. The number of anilines is 1. The summed E-state index contributed by atoms with van der Waals surface area (Å²) in [5.74, 6) is -0.529. The number of aromatic amines is 1. The average molecular weight is 360 g/mol. The molecule has 0 saturated carbocycles. The highest BCUT2D eigenvalue weighted by atomic mass is 32.2.